The lowest BCUT2D eigenvalue weighted by Gasteiger charge is -2.39. The molecule has 60 heavy (non-hydrogen) atoms. The van der Waals surface area contributed by atoms with Gasteiger partial charge in [0.1, 0.15) is 11.6 Å². The van der Waals surface area contributed by atoms with Crippen LogP contribution < -0.4 is 9.80 Å². The first kappa shape index (κ1) is 39.7. The summed E-state index contributed by atoms with van der Waals surface area (Å²) < 4.78 is 0. The fraction of sp³-hybridized carbons (Fsp3) is 0.417. The summed E-state index contributed by atoms with van der Waals surface area (Å²) in [5, 5.41) is 0. The normalized spacial score (nSPS) is 18.8. The molecule has 0 spiro atoms. The van der Waals surface area contributed by atoms with Crippen LogP contribution in [0.2, 0.25) is 0 Å². The minimum Gasteiger partial charge on any atom is -0.368 e. The van der Waals surface area contributed by atoms with Crippen LogP contribution in [0.4, 0.5) is 11.4 Å². The average molecular weight is 807 g/mol. The molecule has 12 heteroatoms. The zero-order valence-electron chi connectivity index (χ0n) is 35.1. The highest BCUT2D eigenvalue weighted by Crippen LogP contribution is 2.29. The van der Waals surface area contributed by atoms with Gasteiger partial charge in [0.05, 0.1) is 22.1 Å². The summed E-state index contributed by atoms with van der Waals surface area (Å²) in [6, 6.07) is 33.3. The predicted molar refractivity (Wildman–Crippen MR) is 241 cm³/mol. The molecule has 12 nitrogen and oxygen atoms in total. The van der Waals surface area contributed by atoms with Crippen molar-refractivity contribution in [2.75, 3.05) is 102 Å². The number of hydrogen-bond donors (Lipinski definition) is 2. The van der Waals surface area contributed by atoms with E-state index in [4.69, 9.17) is 9.97 Å². The molecule has 6 heterocycles. The Morgan fingerprint density at radius 3 is 1.25 bits per heavy atom. The number of anilines is 2. The number of H-pyrrole nitrogens is 2. The van der Waals surface area contributed by atoms with Crippen molar-refractivity contribution < 1.29 is 9.59 Å². The first-order valence-corrected chi connectivity index (χ1v) is 21.9. The number of para-hydroxylation sites is 4. The number of fused-ring (bicyclic) bond motifs is 2. The largest absolute Gasteiger partial charge is 0.368 e. The number of aromatic amines is 2. The van der Waals surface area contributed by atoms with Gasteiger partial charge in [0.25, 0.3) is 0 Å². The molecule has 0 saturated carbocycles. The number of likely N-dealkylation sites (tertiary alicyclic amines) is 2. The number of nitrogens with zero attached hydrogens (tertiary/aromatic N) is 8. The maximum absolute atomic E-state index is 12.9. The van der Waals surface area contributed by atoms with Crippen LogP contribution in [0.15, 0.2) is 97.1 Å². The molecule has 4 fully saturated rings. The van der Waals surface area contributed by atoms with Crippen molar-refractivity contribution in [3.63, 3.8) is 0 Å². The Hall–Kier alpha value is -5.72. The van der Waals surface area contributed by atoms with Crippen LogP contribution >= 0.6 is 0 Å². The number of rotatable bonds is 6. The molecule has 2 amide bonds. The summed E-state index contributed by atoms with van der Waals surface area (Å²) in [6.07, 6.45) is 3.98. The molecule has 4 aliphatic rings. The summed E-state index contributed by atoms with van der Waals surface area (Å²) in [5.74, 6) is 2.94. The average Bonchev–Trinajstić information content (AvgIpc) is 3.95. The maximum atomic E-state index is 12.9. The van der Waals surface area contributed by atoms with E-state index in [1.807, 2.05) is 36.4 Å². The Kier molecular flexibility index (Phi) is 11.8. The zero-order chi connectivity index (χ0) is 41.0. The van der Waals surface area contributed by atoms with E-state index in [0.717, 1.165) is 149 Å². The van der Waals surface area contributed by atoms with Crippen molar-refractivity contribution >= 4 is 45.3 Å². The van der Waals surface area contributed by atoms with E-state index in [9.17, 15) is 9.59 Å². The number of carbonyl (C=O) groups is 2. The van der Waals surface area contributed by atoms with E-state index in [1.54, 1.807) is 0 Å². The van der Waals surface area contributed by atoms with Crippen LogP contribution in [0.3, 0.4) is 0 Å². The number of benzene rings is 4. The van der Waals surface area contributed by atoms with Gasteiger partial charge in [-0.1, -0.05) is 48.5 Å². The molecule has 6 aromatic rings. The van der Waals surface area contributed by atoms with Gasteiger partial charge >= 0.3 is 0 Å². The molecule has 312 valence electrons. The van der Waals surface area contributed by atoms with Crippen molar-refractivity contribution in [2.45, 2.75) is 25.7 Å². The van der Waals surface area contributed by atoms with Crippen LogP contribution in [-0.4, -0.2) is 144 Å². The third-order valence-corrected chi connectivity index (χ3v) is 13.1. The molecule has 4 saturated heterocycles. The number of carbonyl (C=O) groups excluding carboxylic acids is 2. The first-order chi connectivity index (χ1) is 29.3. The molecule has 0 bridgehead atoms. The molecule has 2 N–H and O–H groups in total. The fourth-order valence-corrected chi connectivity index (χ4v) is 9.28. The number of piperidine rings is 2. The van der Waals surface area contributed by atoms with Gasteiger partial charge in [-0.05, 0) is 114 Å². The Bertz CT molecular complexity index is 2160. The predicted octanol–water partition coefficient (Wildman–Crippen LogP) is 6.44. The van der Waals surface area contributed by atoms with E-state index in [2.05, 4.69) is 114 Å². The lowest BCUT2D eigenvalue weighted by Crippen LogP contribution is -2.51. The smallest absolute Gasteiger partial charge is 0.225 e. The monoisotopic (exact) mass is 806 g/mol. The van der Waals surface area contributed by atoms with E-state index < -0.39 is 0 Å². The summed E-state index contributed by atoms with van der Waals surface area (Å²) >= 11 is 0. The van der Waals surface area contributed by atoms with Crippen LogP contribution in [0, 0.1) is 11.8 Å². The fourth-order valence-electron chi connectivity index (χ4n) is 9.28. The van der Waals surface area contributed by atoms with E-state index in [0.29, 0.717) is 11.8 Å². The van der Waals surface area contributed by atoms with Crippen LogP contribution in [-0.2, 0) is 9.59 Å². The zero-order valence-corrected chi connectivity index (χ0v) is 35.1. The molecule has 10 rings (SSSR count). The summed E-state index contributed by atoms with van der Waals surface area (Å²) in [5.41, 5.74) is 8.65. The molecule has 2 aromatic heterocycles. The topological polar surface area (TPSA) is 111 Å². The molecular formula is C48H58N10O2. The van der Waals surface area contributed by atoms with Crippen LogP contribution in [0.25, 0.3) is 44.8 Å². The number of nitrogens with one attached hydrogen (secondary N) is 2. The van der Waals surface area contributed by atoms with Gasteiger partial charge in [-0.2, -0.15) is 0 Å². The summed E-state index contributed by atoms with van der Waals surface area (Å²) in [6.45, 7) is 10.9. The van der Waals surface area contributed by atoms with Crippen LogP contribution in [0.5, 0.6) is 0 Å². The molecule has 0 unspecified atom stereocenters. The Labute approximate surface area is 353 Å². The van der Waals surface area contributed by atoms with Crippen molar-refractivity contribution in [3.8, 4) is 22.8 Å². The molecule has 4 aromatic carbocycles. The highest BCUT2D eigenvalue weighted by atomic mass is 16.2. The van der Waals surface area contributed by atoms with Gasteiger partial charge in [-0.25, -0.2) is 9.97 Å². The maximum Gasteiger partial charge on any atom is 0.225 e. The van der Waals surface area contributed by atoms with Gasteiger partial charge in [-0.15, -0.1) is 0 Å². The minimum absolute atomic E-state index is 0.212. The number of piperazine rings is 2. The third-order valence-electron chi connectivity index (χ3n) is 13.1. The highest BCUT2D eigenvalue weighted by molar-refractivity contribution is 5.82. The van der Waals surface area contributed by atoms with Gasteiger partial charge in [0.15, 0.2) is 0 Å². The standard InChI is InChI=1S/2C24H29N5O/c2*1-27-11-9-18(10-12-27)24(30)29-15-13-28(14-16-29)20-6-4-5-19(17-20)23-25-21-7-2-3-8-22(21)26-23/h2*2-8,17-18H,9-16H2,1H3,(H,25,26). The molecule has 0 radical (unpaired) electrons. The third kappa shape index (κ3) is 8.90. The van der Waals surface area contributed by atoms with E-state index in [-0.39, 0.29) is 11.8 Å². The second-order valence-electron chi connectivity index (χ2n) is 17.1. The number of hydrogen-bond acceptors (Lipinski definition) is 8. The van der Waals surface area contributed by atoms with Gasteiger partial charge < -0.3 is 39.4 Å². The lowest BCUT2D eigenvalue weighted by molar-refractivity contribution is -0.138. The highest BCUT2D eigenvalue weighted by Gasteiger charge is 2.31. The van der Waals surface area contributed by atoms with Gasteiger partial charge in [0.2, 0.25) is 11.8 Å². The van der Waals surface area contributed by atoms with Gasteiger partial charge in [-0.3, -0.25) is 9.59 Å². The molecule has 0 atom stereocenters. The van der Waals surface area contributed by atoms with Crippen molar-refractivity contribution in [1.29, 1.82) is 0 Å². The summed E-state index contributed by atoms with van der Waals surface area (Å²) in [4.78, 5) is 55.7. The Morgan fingerprint density at radius 2 is 0.867 bits per heavy atom. The minimum atomic E-state index is 0.212. The quantitative estimate of drug-likeness (QED) is 0.198. The molecular weight excluding hydrogens is 749 g/mol. The van der Waals surface area contributed by atoms with E-state index >= 15 is 0 Å². The molecule has 4 aliphatic heterocycles. The van der Waals surface area contributed by atoms with Crippen molar-refractivity contribution in [2.24, 2.45) is 11.8 Å². The second kappa shape index (κ2) is 17.9. The SMILES string of the molecule is CN1CCC(C(=O)N2CCN(c3cccc(-c4nc5ccccc5[nH]4)c3)CC2)CC1.CN1CCC(C(=O)N2CCN(c3cccc(-c4nc5ccccc5[nH]4)c3)CC2)CC1. The van der Waals surface area contributed by atoms with Crippen molar-refractivity contribution in [1.82, 2.24) is 39.5 Å². The van der Waals surface area contributed by atoms with E-state index in [1.165, 1.54) is 11.4 Å². The van der Waals surface area contributed by atoms with Crippen molar-refractivity contribution in [3.05, 3.63) is 97.1 Å². The number of amides is 2. The first-order valence-electron chi connectivity index (χ1n) is 21.9. The number of aromatic nitrogens is 4. The second-order valence-corrected chi connectivity index (χ2v) is 17.1. The lowest BCUT2D eigenvalue weighted by atomic mass is 9.95. The Balaban J connectivity index is 0.000000154. The van der Waals surface area contributed by atoms with Gasteiger partial charge in [0, 0.05) is 86.7 Å². The number of imidazole rings is 2. The van der Waals surface area contributed by atoms with Crippen LogP contribution in [0.1, 0.15) is 25.7 Å². The summed E-state index contributed by atoms with van der Waals surface area (Å²) in [7, 11) is 4.28. The molecule has 0 aliphatic carbocycles. The Morgan fingerprint density at radius 1 is 0.483 bits per heavy atom.